The van der Waals surface area contributed by atoms with Crippen molar-refractivity contribution in [3.8, 4) is 0 Å². The van der Waals surface area contributed by atoms with Crippen molar-refractivity contribution in [3.05, 3.63) is 35.9 Å². The molecule has 1 rings (SSSR count). The van der Waals surface area contributed by atoms with Crippen LogP contribution in [0.25, 0.3) is 0 Å². The third-order valence-electron chi connectivity index (χ3n) is 2.71. The second-order valence-corrected chi connectivity index (χ2v) is 4.25. The lowest BCUT2D eigenvalue weighted by Crippen LogP contribution is -2.32. The molecular formula is C13H18F3NO. The van der Waals surface area contributed by atoms with E-state index in [9.17, 15) is 18.3 Å². The summed E-state index contributed by atoms with van der Waals surface area (Å²) in [6.45, 7) is 1.94. The molecule has 0 radical (unpaired) electrons. The number of aliphatic hydroxyl groups excluding tert-OH is 1. The van der Waals surface area contributed by atoms with E-state index in [1.165, 1.54) is 0 Å². The van der Waals surface area contributed by atoms with E-state index in [2.05, 4.69) is 5.32 Å². The van der Waals surface area contributed by atoms with Gasteiger partial charge in [0.25, 0.3) is 0 Å². The van der Waals surface area contributed by atoms with Gasteiger partial charge in [0, 0.05) is 12.6 Å². The summed E-state index contributed by atoms with van der Waals surface area (Å²) in [4.78, 5) is 0. The summed E-state index contributed by atoms with van der Waals surface area (Å²) in [6, 6.07) is 7.67. The Bertz CT molecular complexity index is 340. The monoisotopic (exact) mass is 261 g/mol. The van der Waals surface area contributed by atoms with Crippen molar-refractivity contribution < 1.29 is 18.3 Å². The Hall–Kier alpha value is -1.07. The number of halogens is 3. The average molecular weight is 261 g/mol. The minimum atomic E-state index is -4.23. The molecule has 1 aromatic rings. The summed E-state index contributed by atoms with van der Waals surface area (Å²) in [7, 11) is 0. The normalized spacial score (nSPS) is 15.4. The van der Waals surface area contributed by atoms with E-state index < -0.39 is 24.7 Å². The van der Waals surface area contributed by atoms with Crippen LogP contribution in [0.2, 0.25) is 0 Å². The summed E-state index contributed by atoms with van der Waals surface area (Å²) < 4.78 is 37.5. The quantitative estimate of drug-likeness (QED) is 0.825. The zero-order chi connectivity index (χ0) is 13.6. The van der Waals surface area contributed by atoms with Crippen molar-refractivity contribution in [1.29, 1.82) is 0 Å². The van der Waals surface area contributed by atoms with E-state index >= 15 is 0 Å². The van der Waals surface area contributed by atoms with Gasteiger partial charge in [-0.25, -0.2) is 0 Å². The Morgan fingerprint density at radius 3 is 2.33 bits per heavy atom. The third-order valence-corrected chi connectivity index (χ3v) is 2.71. The van der Waals surface area contributed by atoms with Gasteiger partial charge < -0.3 is 10.4 Å². The molecule has 1 aromatic carbocycles. The van der Waals surface area contributed by atoms with Crippen LogP contribution in [0.3, 0.4) is 0 Å². The molecule has 2 N–H and O–H groups in total. The Kier molecular flexibility index (Phi) is 5.62. The van der Waals surface area contributed by atoms with Crippen LogP contribution in [0.1, 0.15) is 31.4 Å². The molecule has 0 aliphatic heterocycles. The van der Waals surface area contributed by atoms with Crippen molar-refractivity contribution >= 4 is 0 Å². The van der Waals surface area contributed by atoms with Crippen LogP contribution in [0, 0.1) is 0 Å². The number of hydrogen-bond acceptors (Lipinski definition) is 2. The van der Waals surface area contributed by atoms with Crippen molar-refractivity contribution in [2.45, 2.75) is 38.1 Å². The Morgan fingerprint density at radius 2 is 1.83 bits per heavy atom. The molecular weight excluding hydrogens is 243 g/mol. The topological polar surface area (TPSA) is 32.3 Å². The Morgan fingerprint density at radius 1 is 1.22 bits per heavy atom. The molecule has 0 heterocycles. The maximum Gasteiger partial charge on any atom is 0.390 e. The molecule has 0 amide bonds. The molecule has 0 fully saturated rings. The first-order chi connectivity index (χ1) is 8.42. The molecule has 0 saturated carbocycles. The van der Waals surface area contributed by atoms with Gasteiger partial charge in [-0.3, -0.25) is 0 Å². The predicted molar refractivity (Wildman–Crippen MR) is 64.2 cm³/mol. The molecule has 0 spiro atoms. The molecule has 102 valence electrons. The van der Waals surface area contributed by atoms with Crippen LogP contribution in [-0.4, -0.2) is 23.9 Å². The summed E-state index contributed by atoms with van der Waals surface area (Å²) in [5.74, 6) is 0. The zero-order valence-corrected chi connectivity index (χ0v) is 10.2. The molecule has 18 heavy (non-hydrogen) atoms. The van der Waals surface area contributed by atoms with Crippen molar-refractivity contribution in [1.82, 2.24) is 5.32 Å². The van der Waals surface area contributed by atoms with E-state index in [-0.39, 0.29) is 6.54 Å². The standard InChI is InChI=1S/C13H18F3NO/c1-2-11(18)9-17-12(8-13(14,15)16)10-6-4-3-5-7-10/h3-7,11-12,17-18H,2,8-9H2,1H3. The lowest BCUT2D eigenvalue weighted by molar-refractivity contribution is -0.140. The van der Waals surface area contributed by atoms with Gasteiger partial charge in [-0.2, -0.15) is 13.2 Å². The van der Waals surface area contributed by atoms with Crippen LogP contribution in [-0.2, 0) is 0 Å². The first-order valence-electron chi connectivity index (χ1n) is 5.95. The summed E-state index contributed by atoms with van der Waals surface area (Å²) in [6.07, 6.45) is -5.28. The highest BCUT2D eigenvalue weighted by atomic mass is 19.4. The lowest BCUT2D eigenvalue weighted by Gasteiger charge is -2.22. The minimum absolute atomic E-state index is 0.159. The fraction of sp³-hybridized carbons (Fsp3) is 0.538. The van der Waals surface area contributed by atoms with Gasteiger partial charge in [-0.05, 0) is 12.0 Å². The van der Waals surface area contributed by atoms with Gasteiger partial charge in [0.1, 0.15) is 0 Å². The predicted octanol–water partition coefficient (Wildman–Crippen LogP) is 3.04. The van der Waals surface area contributed by atoms with Gasteiger partial charge in [0.05, 0.1) is 12.5 Å². The molecule has 2 unspecified atom stereocenters. The van der Waals surface area contributed by atoms with Crippen LogP contribution >= 0.6 is 0 Å². The molecule has 2 nitrogen and oxygen atoms in total. The van der Waals surface area contributed by atoms with Gasteiger partial charge in [-0.15, -0.1) is 0 Å². The zero-order valence-electron chi connectivity index (χ0n) is 10.2. The molecule has 0 aromatic heterocycles. The highest BCUT2D eigenvalue weighted by Gasteiger charge is 2.32. The second-order valence-electron chi connectivity index (χ2n) is 4.25. The maximum atomic E-state index is 12.5. The first-order valence-corrected chi connectivity index (χ1v) is 5.95. The van der Waals surface area contributed by atoms with E-state index in [4.69, 9.17) is 0 Å². The SMILES string of the molecule is CCC(O)CNC(CC(F)(F)F)c1ccccc1. The molecule has 2 atom stereocenters. The van der Waals surface area contributed by atoms with Gasteiger partial charge in [0.2, 0.25) is 0 Å². The van der Waals surface area contributed by atoms with Crippen LogP contribution < -0.4 is 5.32 Å². The summed E-state index contributed by atoms with van der Waals surface area (Å²) in [5.41, 5.74) is 0.582. The number of benzene rings is 1. The second kappa shape index (κ2) is 6.75. The summed E-state index contributed by atoms with van der Waals surface area (Å²) in [5, 5.41) is 12.2. The fourth-order valence-corrected chi connectivity index (χ4v) is 1.65. The molecule has 0 bridgehead atoms. The first kappa shape index (κ1) is 15.0. The number of aliphatic hydroxyl groups is 1. The van der Waals surface area contributed by atoms with E-state index in [1.807, 2.05) is 0 Å². The van der Waals surface area contributed by atoms with Gasteiger partial charge >= 0.3 is 6.18 Å². The average Bonchev–Trinajstić information content (AvgIpc) is 2.33. The molecule has 0 aliphatic rings. The van der Waals surface area contributed by atoms with Crippen LogP contribution in [0.4, 0.5) is 13.2 Å². The Balaban J connectivity index is 2.70. The number of rotatable bonds is 6. The molecule has 0 aliphatic carbocycles. The maximum absolute atomic E-state index is 12.5. The van der Waals surface area contributed by atoms with Crippen LogP contribution in [0.15, 0.2) is 30.3 Å². The number of alkyl halides is 3. The fourth-order valence-electron chi connectivity index (χ4n) is 1.65. The highest BCUT2D eigenvalue weighted by molar-refractivity contribution is 5.19. The van der Waals surface area contributed by atoms with Crippen molar-refractivity contribution in [2.24, 2.45) is 0 Å². The largest absolute Gasteiger partial charge is 0.392 e. The van der Waals surface area contributed by atoms with E-state index in [0.717, 1.165) is 0 Å². The van der Waals surface area contributed by atoms with Crippen LogP contribution in [0.5, 0.6) is 0 Å². The summed E-state index contributed by atoms with van der Waals surface area (Å²) >= 11 is 0. The Labute approximate surface area is 105 Å². The lowest BCUT2D eigenvalue weighted by atomic mass is 10.0. The van der Waals surface area contributed by atoms with Crippen molar-refractivity contribution in [3.63, 3.8) is 0 Å². The molecule has 0 saturated heterocycles. The van der Waals surface area contributed by atoms with Crippen molar-refractivity contribution in [2.75, 3.05) is 6.54 Å². The molecule has 5 heteroatoms. The van der Waals surface area contributed by atoms with Gasteiger partial charge in [-0.1, -0.05) is 37.3 Å². The number of hydrogen-bond donors (Lipinski definition) is 2. The number of nitrogens with one attached hydrogen (secondary N) is 1. The van der Waals surface area contributed by atoms with Gasteiger partial charge in [0.15, 0.2) is 0 Å². The minimum Gasteiger partial charge on any atom is -0.392 e. The smallest absolute Gasteiger partial charge is 0.390 e. The van der Waals surface area contributed by atoms with E-state index in [1.54, 1.807) is 37.3 Å². The van der Waals surface area contributed by atoms with E-state index in [0.29, 0.717) is 12.0 Å². The third kappa shape index (κ3) is 5.51. The highest BCUT2D eigenvalue weighted by Crippen LogP contribution is 2.29.